The first kappa shape index (κ1) is 15.7. The highest BCUT2D eigenvalue weighted by molar-refractivity contribution is 5.88. The van der Waals surface area contributed by atoms with Gasteiger partial charge in [0.15, 0.2) is 17.2 Å². The van der Waals surface area contributed by atoms with E-state index in [1.165, 1.54) is 10.7 Å². The van der Waals surface area contributed by atoms with Crippen molar-refractivity contribution in [2.45, 2.75) is 13.5 Å². The molecule has 2 N–H and O–H groups in total. The predicted molar refractivity (Wildman–Crippen MR) is 81.2 cm³/mol. The van der Waals surface area contributed by atoms with Crippen molar-refractivity contribution in [3.8, 4) is 11.5 Å². The molecule has 0 saturated heterocycles. The van der Waals surface area contributed by atoms with E-state index in [0.29, 0.717) is 30.5 Å². The fourth-order valence-electron chi connectivity index (χ4n) is 2.01. The highest BCUT2D eigenvalue weighted by Crippen LogP contribution is 2.28. The Morgan fingerprint density at radius 2 is 1.95 bits per heavy atom. The van der Waals surface area contributed by atoms with Crippen molar-refractivity contribution in [2.75, 3.05) is 26.6 Å². The van der Waals surface area contributed by atoms with E-state index in [0.717, 1.165) is 5.56 Å². The molecule has 0 aliphatic carbocycles. The predicted octanol–water partition coefficient (Wildman–Crippen LogP) is 1.71. The molecular formula is C15H19N3O4. The van der Waals surface area contributed by atoms with Gasteiger partial charge in [0.1, 0.15) is 5.82 Å². The van der Waals surface area contributed by atoms with Crippen LogP contribution in [0.2, 0.25) is 0 Å². The van der Waals surface area contributed by atoms with Gasteiger partial charge in [-0.2, -0.15) is 5.10 Å². The van der Waals surface area contributed by atoms with Crippen molar-refractivity contribution >= 4 is 11.8 Å². The zero-order chi connectivity index (χ0) is 16.1. The van der Waals surface area contributed by atoms with E-state index >= 15 is 0 Å². The smallest absolute Gasteiger partial charge is 0.358 e. The number of ether oxygens (including phenoxy) is 3. The number of carbonyl (C=O) groups excluding carboxylic acids is 1. The summed E-state index contributed by atoms with van der Waals surface area (Å²) in [5.41, 5.74) is 7.00. The van der Waals surface area contributed by atoms with Crippen LogP contribution < -0.4 is 15.2 Å². The van der Waals surface area contributed by atoms with Gasteiger partial charge in [0.25, 0.3) is 0 Å². The highest BCUT2D eigenvalue weighted by Gasteiger charge is 2.14. The van der Waals surface area contributed by atoms with Crippen LogP contribution in [0, 0.1) is 0 Å². The molecular weight excluding hydrogens is 286 g/mol. The normalized spacial score (nSPS) is 10.3. The number of esters is 1. The topological polar surface area (TPSA) is 88.6 Å². The number of carbonyl (C=O) groups is 1. The van der Waals surface area contributed by atoms with Crippen LogP contribution in [-0.2, 0) is 11.3 Å². The number of hydrogen-bond acceptors (Lipinski definition) is 6. The maximum Gasteiger partial charge on any atom is 0.358 e. The average Bonchev–Trinajstić information content (AvgIpc) is 2.88. The van der Waals surface area contributed by atoms with Gasteiger partial charge in [-0.3, -0.25) is 0 Å². The number of nitrogens with zero attached hydrogens (tertiary/aromatic N) is 2. The fourth-order valence-corrected chi connectivity index (χ4v) is 2.01. The molecule has 1 aromatic heterocycles. The van der Waals surface area contributed by atoms with Gasteiger partial charge in [-0.05, 0) is 24.6 Å². The van der Waals surface area contributed by atoms with Crippen LogP contribution in [0.15, 0.2) is 24.3 Å². The Balaban J connectivity index is 2.22. The van der Waals surface area contributed by atoms with Crippen LogP contribution >= 0.6 is 0 Å². The number of aromatic nitrogens is 2. The van der Waals surface area contributed by atoms with E-state index in [1.807, 2.05) is 12.1 Å². The standard InChI is InChI=1S/C15H19N3O4/c1-4-22-15(19)11-8-14(16)18(17-11)9-10-5-6-12(20-2)13(7-10)21-3/h5-8H,4,9,16H2,1-3H3. The molecule has 1 aromatic carbocycles. The number of nitrogen functional groups attached to an aromatic ring is 1. The molecule has 0 aliphatic rings. The lowest BCUT2D eigenvalue weighted by Gasteiger charge is -2.10. The fraction of sp³-hybridized carbons (Fsp3) is 0.333. The quantitative estimate of drug-likeness (QED) is 0.817. The molecule has 118 valence electrons. The molecule has 0 unspecified atom stereocenters. The minimum atomic E-state index is -0.486. The van der Waals surface area contributed by atoms with Gasteiger partial charge in [-0.25, -0.2) is 9.48 Å². The molecule has 0 radical (unpaired) electrons. The number of anilines is 1. The van der Waals surface area contributed by atoms with Crippen molar-refractivity contribution in [2.24, 2.45) is 0 Å². The number of rotatable bonds is 6. The zero-order valence-electron chi connectivity index (χ0n) is 12.8. The van der Waals surface area contributed by atoms with Crippen LogP contribution in [0.25, 0.3) is 0 Å². The summed E-state index contributed by atoms with van der Waals surface area (Å²) in [6.45, 7) is 2.44. The first-order chi connectivity index (χ1) is 10.6. The van der Waals surface area contributed by atoms with E-state index in [9.17, 15) is 4.79 Å². The van der Waals surface area contributed by atoms with E-state index in [4.69, 9.17) is 19.9 Å². The van der Waals surface area contributed by atoms with E-state index in [-0.39, 0.29) is 5.69 Å². The molecule has 0 bridgehead atoms. The average molecular weight is 305 g/mol. The minimum Gasteiger partial charge on any atom is -0.493 e. The second-order valence-corrected chi connectivity index (χ2v) is 4.52. The Hall–Kier alpha value is -2.70. The van der Waals surface area contributed by atoms with Crippen LogP contribution in [-0.4, -0.2) is 36.6 Å². The third-order valence-corrected chi connectivity index (χ3v) is 3.08. The maximum absolute atomic E-state index is 11.7. The number of hydrogen-bond donors (Lipinski definition) is 1. The lowest BCUT2D eigenvalue weighted by Crippen LogP contribution is -2.09. The van der Waals surface area contributed by atoms with Crippen molar-refractivity contribution in [3.05, 3.63) is 35.5 Å². The summed E-state index contributed by atoms with van der Waals surface area (Å²) in [6.07, 6.45) is 0. The molecule has 7 heteroatoms. The van der Waals surface area contributed by atoms with Crippen LogP contribution in [0.4, 0.5) is 5.82 Å². The van der Waals surface area contributed by atoms with Crippen molar-refractivity contribution in [3.63, 3.8) is 0 Å². The largest absolute Gasteiger partial charge is 0.493 e. The molecule has 0 aliphatic heterocycles. The number of methoxy groups -OCH3 is 2. The van der Waals surface area contributed by atoms with Crippen LogP contribution in [0.5, 0.6) is 11.5 Å². The van der Waals surface area contributed by atoms with Gasteiger partial charge in [-0.1, -0.05) is 6.07 Å². The second-order valence-electron chi connectivity index (χ2n) is 4.52. The highest BCUT2D eigenvalue weighted by atomic mass is 16.5. The van der Waals surface area contributed by atoms with Gasteiger partial charge < -0.3 is 19.9 Å². The summed E-state index contributed by atoms with van der Waals surface area (Å²) in [5.74, 6) is 1.17. The lowest BCUT2D eigenvalue weighted by molar-refractivity contribution is 0.0518. The van der Waals surface area contributed by atoms with Gasteiger partial charge in [-0.15, -0.1) is 0 Å². The van der Waals surface area contributed by atoms with Crippen LogP contribution in [0.3, 0.4) is 0 Å². The molecule has 2 rings (SSSR count). The van der Waals surface area contributed by atoms with Gasteiger partial charge >= 0.3 is 5.97 Å². The zero-order valence-corrected chi connectivity index (χ0v) is 12.8. The second kappa shape index (κ2) is 6.84. The first-order valence-corrected chi connectivity index (χ1v) is 6.80. The summed E-state index contributed by atoms with van der Waals surface area (Å²) >= 11 is 0. The lowest BCUT2D eigenvalue weighted by atomic mass is 10.2. The SMILES string of the molecule is CCOC(=O)c1cc(N)n(Cc2ccc(OC)c(OC)c2)n1. The summed E-state index contributed by atoms with van der Waals surface area (Å²) in [7, 11) is 3.15. The molecule has 0 saturated carbocycles. The molecule has 0 fully saturated rings. The molecule has 2 aromatic rings. The Morgan fingerprint density at radius 3 is 2.59 bits per heavy atom. The third kappa shape index (κ3) is 3.30. The molecule has 0 amide bonds. The van der Waals surface area contributed by atoms with Crippen molar-refractivity contribution < 1.29 is 19.0 Å². The Morgan fingerprint density at radius 1 is 1.23 bits per heavy atom. The maximum atomic E-state index is 11.7. The molecule has 0 spiro atoms. The summed E-state index contributed by atoms with van der Waals surface area (Å²) in [4.78, 5) is 11.7. The van der Waals surface area contributed by atoms with E-state index in [2.05, 4.69) is 5.10 Å². The minimum absolute atomic E-state index is 0.194. The monoisotopic (exact) mass is 305 g/mol. The summed E-state index contributed by atoms with van der Waals surface area (Å²) < 4.78 is 16.9. The summed E-state index contributed by atoms with van der Waals surface area (Å²) in [5, 5.41) is 4.17. The Labute approximate surface area is 128 Å². The third-order valence-electron chi connectivity index (χ3n) is 3.08. The molecule has 22 heavy (non-hydrogen) atoms. The summed E-state index contributed by atoms with van der Waals surface area (Å²) in [6, 6.07) is 7.02. The molecule has 1 heterocycles. The van der Waals surface area contributed by atoms with Crippen molar-refractivity contribution in [1.82, 2.24) is 9.78 Å². The van der Waals surface area contributed by atoms with Gasteiger partial charge in [0.05, 0.1) is 27.4 Å². The Kier molecular flexibility index (Phi) is 4.88. The van der Waals surface area contributed by atoms with E-state index < -0.39 is 5.97 Å². The molecule has 7 nitrogen and oxygen atoms in total. The number of benzene rings is 1. The van der Waals surface area contributed by atoms with Gasteiger partial charge in [0.2, 0.25) is 0 Å². The van der Waals surface area contributed by atoms with E-state index in [1.54, 1.807) is 27.2 Å². The molecule has 0 atom stereocenters. The Bertz CT molecular complexity index is 667. The number of nitrogens with two attached hydrogens (primary N) is 1. The van der Waals surface area contributed by atoms with Gasteiger partial charge in [0, 0.05) is 6.07 Å². The van der Waals surface area contributed by atoms with Crippen molar-refractivity contribution in [1.29, 1.82) is 0 Å². The first-order valence-electron chi connectivity index (χ1n) is 6.80. The van der Waals surface area contributed by atoms with Crippen LogP contribution in [0.1, 0.15) is 23.0 Å².